The van der Waals surface area contributed by atoms with E-state index in [9.17, 15) is 13.8 Å². The lowest BCUT2D eigenvalue weighted by Gasteiger charge is -2.10. The highest BCUT2D eigenvalue weighted by Crippen LogP contribution is 2.03. The van der Waals surface area contributed by atoms with Crippen LogP contribution < -0.4 is 5.32 Å². The molecule has 0 aromatic rings. The zero-order valence-corrected chi connectivity index (χ0v) is 10.7. The highest BCUT2D eigenvalue weighted by molar-refractivity contribution is 7.85. The minimum Gasteiger partial charge on any atom is -0.481 e. The second kappa shape index (κ2) is 7.38. The lowest BCUT2D eigenvalue weighted by atomic mass is 10.3. The molecule has 0 aliphatic rings. The fraction of sp³-hybridized carbons (Fsp3) is 0.800. The zero-order valence-electron chi connectivity index (χ0n) is 9.86. The number of rotatable bonds is 7. The normalized spacial score (nSPS) is 14.5. The van der Waals surface area contributed by atoms with Crippen LogP contribution in [0, 0.1) is 0 Å². The molecule has 0 saturated carbocycles. The van der Waals surface area contributed by atoms with E-state index in [-0.39, 0.29) is 30.5 Å². The molecular weight excluding hydrogens is 230 g/mol. The standard InChI is InChI=1S/C10H19NO4S/c1-7(2)11-9(12)4-5-16(15)8(3)6-10(13)14/h7-8H,4-6H2,1-3H3,(H,11,12)(H,13,14). The molecule has 0 rings (SSSR count). The van der Waals surface area contributed by atoms with Crippen LogP contribution in [0.15, 0.2) is 0 Å². The van der Waals surface area contributed by atoms with Crippen LogP contribution >= 0.6 is 0 Å². The van der Waals surface area contributed by atoms with E-state index in [0.717, 1.165) is 0 Å². The highest BCUT2D eigenvalue weighted by Gasteiger charge is 2.16. The first-order chi connectivity index (χ1) is 7.32. The lowest BCUT2D eigenvalue weighted by molar-refractivity contribution is -0.136. The summed E-state index contributed by atoms with van der Waals surface area (Å²) >= 11 is 0. The number of carbonyl (C=O) groups is 2. The number of amides is 1. The van der Waals surface area contributed by atoms with Gasteiger partial charge in [-0.15, -0.1) is 0 Å². The molecule has 0 bridgehead atoms. The molecule has 2 atom stereocenters. The van der Waals surface area contributed by atoms with Gasteiger partial charge in [0.25, 0.3) is 0 Å². The van der Waals surface area contributed by atoms with Gasteiger partial charge >= 0.3 is 5.97 Å². The van der Waals surface area contributed by atoms with Crippen molar-refractivity contribution < 1.29 is 18.9 Å². The van der Waals surface area contributed by atoms with Crippen molar-refractivity contribution in [2.45, 2.75) is 44.9 Å². The first-order valence-corrected chi connectivity index (χ1v) is 6.59. The van der Waals surface area contributed by atoms with Crippen LogP contribution in [-0.2, 0) is 20.4 Å². The molecule has 0 fully saturated rings. The predicted octanol–water partition coefficient (Wildman–Crippen LogP) is 0.513. The summed E-state index contributed by atoms with van der Waals surface area (Å²) in [5.41, 5.74) is 0. The maximum atomic E-state index is 11.5. The van der Waals surface area contributed by atoms with Gasteiger partial charge in [0.15, 0.2) is 0 Å². The molecule has 0 spiro atoms. The molecular formula is C10H19NO4S. The van der Waals surface area contributed by atoms with Crippen LogP contribution in [0.5, 0.6) is 0 Å². The number of aliphatic carboxylic acids is 1. The van der Waals surface area contributed by atoms with E-state index in [4.69, 9.17) is 5.11 Å². The van der Waals surface area contributed by atoms with Gasteiger partial charge in [0.2, 0.25) is 5.91 Å². The molecule has 0 radical (unpaired) electrons. The Bertz CT molecular complexity index is 278. The van der Waals surface area contributed by atoms with Gasteiger partial charge in [-0.25, -0.2) is 0 Å². The molecule has 16 heavy (non-hydrogen) atoms. The molecule has 0 aromatic carbocycles. The number of carboxylic acids is 1. The highest BCUT2D eigenvalue weighted by atomic mass is 32.2. The summed E-state index contributed by atoms with van der Waals surface area (Å²) in [4.78, 5) is 21.6. The molecule has 0 aliphatic carbocycles. The Morgan fingerprint density at radius 2 is 1.88 bits per heavy atom. The fourth-order valence-electron chi connectivity index (χ4n) is 1.13. The fourth-order valence-corrected chi connectivity index (χ4v) is 2.24. The maximum Gasteiger partial charge on any atom is 0.304 e. The van der Waals surface area contributed by atoms with Crippen molar-refractivity contribution in [2.24, 2.45) is 0 Å². The third kappa shape index (κ3) is 7.39. The molecule has 0 aromatic heterocycles. The van der Waals surface area contributed by atoms with Crippen LogP contribution in [0.4, 0.5) is 0 Å². The number of carbonyl (C=O) groups excluding carboxylic acids is 1. The summed E-state index contributed by atoms with van der Waals surface area (Å²) in [6, 6.07) is 0.0670. The molecule has 1 amide bonds. The summed E-state index contributed by atoms with van der Waals surface area (Å²) in [6.45, 7) is 5.31. The largest absolute Gasteiger partial charge is 0.481 e. The predicted molar refractivity (Wildman–Crippen MR) is 62.6 cm³/mol. The molecule has 2 N–H and O–H groups in total. The van der Waals surface area contributed by atoms with Crippen LogP contribution in [0.25, 0.3) is 0 Å². The second-order valence-electron chi connectivity index (χ2n) is 3.97. The van der Waals surface area contributed by atoms with Crippen molar-refractivity contribution >= 4 is 22.7 Å². The van der Waals surface area contributed by atoms with Gasteiger partial charge in [-0.2, -0.15) is 0 Å². The summed E-state index contributed by atoms with van der Waals surface area (Å²) in [5.74, 6) is -0.897. The summed E-state index contributed by atoms with van der Waals surface area (Å²) < 4.78 is 11.5. The van der Waals surface area contributed by atoms with Crippen molar-refractivity contribution in [2.75, 3.05) is 5.75 Å². The maximum absolute atomic E-state index is 11.5. The average Bonchev–Trinajstić information content (AvgIpc) is 2.11. The summed E-state index contributed by atoms with van der Waals surface area (Å²) in [5, 5.41) is 10.8. The molecule has 94 valence electrons. The van der Waals surface area contributed by atoms with E-state index in [1.54, 1.807) is 6.92 Å². The Labute approximate surface area is 98.1 Å². The summed E-state index contributed by atoms with van der Waals surface area (Å²) in [6.07, 6.45) is 0.0488. The van der Waals surface area contributed by atoms with E-state index in [2.05, 4.69) is 5.32 Å². The van der Waals surface area contributed by atoms with Gasteiger partial charge in [0.05, 0.1) is 6.42 Å². The number of carboxylic acid groups (broad SMARTS) is 1. The lowest BCUT2D eigenvalue weighted by Crippen LogP contribution is -2.31. The Balaban J connectivity index is 3.88. The first-order valence-electron chi connectivity index (χ1n) is 5.21. The van der Waals surface area contributed by atoms with Crippen LogP contribution in [-0.4, -0.2) is 38.2 Å². The molecule has 6 heteroatoms. The number of hydrogen-bond acceptors (Lipinski definition) is 3. The summed E-state index contributed by atoms with van der Waals surface area (Å²) in [7, 11) is -1.26. The van der Waals surface area contributed by atoms with E-state index < -0.39 is 22.0 Å². The zero-order chi connectivity index (χ0) is 12.7. The first kappa shape index (κ1) is 15.1. The monoisotopic (exact) mass is 249 g/mol. The Kier molecular flexibility index (Phi) is 6.96. The van der Waals surface area contributed by atoms with Gasteiger partial charge < -0.3 is 10.4 Å². The van der Waals surface area contributed by atoms with Gasteiger partial charge in [0.1, 0.15) is 0 Å². The van der Waals surface area contributed by atoms with Crippen LogP contribution in [0.1, 0.15) is 33.6 Å². The van der Waals surface area contributed by atoms with Gasteiger partial charge in [-0.05, 0) is 13.8 Å². The molecule has 2 unspecified atom stereocenters. The number of hydrogen-bond donors (Lipinski definition) is 2. The van der Waals surface area contributed by atoms with Crippen LogP contribution in [0.2, 0.25) is 0 Å². The molecule has 0 aliphatic heterocycles. The SMILES string of the molecule is CC(C)NC(=O)CCS(=O)C(C)CC(=O)O. The van der Waals surface area contributed by atoms with Crippen molar-refractivity contribution in [1.29, 1.82) is 0 Å². The minimum absolute atomic E-state index is 0.0670. The van der Waals surface area contributed by atoms with E-state index >= 15 is 0 Å². The molecule has 5 nitrogen and oxygen atoms in total. The van der Waals surface area contributed by atoms with Gasteiger partial charge in [0, 0.05) is 34.3 Å². The third-order valence-corrected chi connectivity index (χ3v) is 3.56. The average molecular weight is 249 g/mol. The Hall–Kier alpha value is -0.910. The van der Waals surface area contributed by atoms with E-state index in [0.29, 0.717) is 0 Å². The Morgan fingerprint density at radius 3 is 2.31 bits per heavy atom. The van der Waals surface area contributed by atoms with Crippen LogP contribution in [0.3, 0.4) is 0 Å². The van der Waals surface area contributed by atoms with Crippen molar-refractivity contribution in [3.8, 4) is 0 Å². The minimum atomic E-state index is -1.26. The van der Waals surface area contributed by atoms with Crippen molar-refractivity contribution in [3.05, 3.63) is 0 Å². The third-order valence-electron chi connectivity index (χ3n) is 1.89. The van der Waals surface area contributed by atoms with Gasteiger partial charge in [-0.1, -0.05) is 6.92 Å². The van der Waals surface area contributed by atoms with E-state index in [1.165, 1.54) is 0 Å². The van der Waals surface area contributed by atoms with Crippen molar-refractivity contribution in [3.63, 3.8) is 0 Å². The quantitative estimate of drug-likeness (QED) is 0.688. The van der Waals surface area contributed by atoms with Crippen molar-refractivity contribution in [1.82, 2.24) is 5.32 Å². The van der Waals surface area contributed by atoms with Gasteiger partial charge in [-0.3, -0.25) is 13.8 Å². The topological polar surface area (TPSA) is 83.5 Å². The molecule has 0 saturated heterocycles. The number of nitrogens with one attached hydrogen (secondary N) is 1. The van der Waals surface area contributed by atoms with E-state index in [1.807, 2.05) is 13.8 Å². The second-order valence-corrected chi connectivity index (χ2v) is 5.94. The smallest absolute Gasteiger partial charge is 0.304 e. The Morgan fingerprint density at radius 1 is 1.31 bits per heavy atom. The molecule has 0 heterocycles.